The first kappa shape index (κ1) is 48.8. The van der Waals surface area contributed by atoms with E-state index in [1.54, 1.807) is 24.3 Å². The van der Waals surface area contributed by atoms with Crippen molar-refractivity contribution in [3.8, 4) is 0 Å². The summed E-state index contributed by atoms with van der Waals surface area (Å²) in [7, 11) is 0. The van der Waals surface area contributed by atoms with Crippen LogP contribution in [0.1, 0.15) is 253 Å². The van der Waals surface area contributed by atoms with Gasteiger partial charge < -0.3 is 14.6 Å². The molecule has 0 spiro atoms. The predicted octanol–water partition coefficient (Wildman–Crippen LogP) is 15.0. The van der Waals surface area contributed by atoms with Gasteiger partial charge in [0.25, 0.3) is 0 Å². The molecular weight excluding hydrogens is 685 g/mol. The van der Waals surface area contributed by atoms with Gasteiger partial charge in [-0.05, 0) is 74.8 Å². The Kier molecular flexibility index (Phi) is 28.1. The van der Waals surface area contributed by atoms with E-state index in [4.69, 9.17) is 9.47 Å². The van der Waals surface area contributed by atoms with Crippen molar-refractivity contribution < 1.29 is 29.0 Å². The van der Waals surface area contributed by atoms with E-state index in [-0.39, 0.29) is 11.5 Å². The molecule has 2 saturated carbocycles. The van der Waals surface area contributed by atoms with Crippen molar-refractivity contribution in [2.75, 3.05) is 6.61 Å². The summed E-state index contributed by atoms with van der Waals surface area (Å²) in [6.07, 6.45) is 40.1. The second-order valence-corrected chi connectivity index (χ2v) is 17.3. The summed E-state index contributed by atoms with van der Waals surface area (Å²) >= 11 is 0. The highest BCUT2D eigenvalue weighted by Crippen LogP contribution is 2.47. The Hall–Kier alpha value is -2.37. The van der Waals surface area contributed by atoms with Gasteiger partial charge in [-0.25, -0.2) is 9.59 Å². The van der Waals surface area contributed by atoms with Gasteiger partial charge in [0.2, 0.25) is 0 Å². The molecule has 6 nitrogen and oxygen atoms in total. The van der Waals surface area contributed by atoms with E-state index < -0.39 is 17.9 Å². The van der Waals surface area contributed by atoms with Crippen molar-refractivity contribution in [3.05, 3.63) is 35.4 Å². The van der Waals surface area contributed by atoms with E-state index in [1.165, 1.54) is 154 Å². The lowest BCUT2D eigenvalue weighted by molar-refractivity contribution is -0.141. The van der Waals surface area contributed by atoms with Gasteiger partial charge in [0.05, 0.1) is 24.2 Å². The van der Waals surface area contributed by atoms with E-state index in [0.29, 0.717) is 24.2 Å². The summed E-state index contributed by atoms with van der Waals surface area (Å²) in [5, 5.41) is 9.49. The van der Waals surface area contributed by atoms with E-state index in [0.717, 1.165) is 57.3 Å². The molecule has 0 radical (unpaired) electrons. The SMILES string of the molecule is CCCCCCCCC1CCCC(CCCCCCCC)(CC(=O)O)C1.CCCCCCCCCCCOC(=O)c1ccccc1C(=O)OC1CCCCC1. The maximum atomic E-state index is 12.6. The molecule has 0 bridgehead atoms. The van der Waals surface area contributed by atoms with Crippen LogP contribution in [0.25, 0.3) is 0 Å². The van der Waals surface area contributed by atoms with Crippen LogP contribution in [0.4, 0.5) is 0 Å². The standard InChI is InChI=1S/C25H38O4.C24H46O2/c1-2-3-4-5-6-7-8-9-15-20-28-24(26)22-18-13-14-19-23(22)25(27)29-21-16-11-10-12-17-21;1-3-5-7-9-11-13-16-22-17-15-19-24(20-22,21-23(25)26)18-14-12-10-8-6-4-2/h13-14,18-19,21H,2-12,15-17,20H2,1H3;22H,3-21H2,1-2H3,(H,25,26). The van der Waals surface area contributed by atoms with Gasteiger partial charge in [0, 0.05) is 0 Å². The molecule has 2 atom stereocenters. The van der Waals surface area contributed by atoms with Crippen molar-refractivity contribution >= 4 is 17.9 Å². The molecule has 55 heavy (non-hydrogen) atoms. The molecule has 316 valence electrons. The highest BCUT2D eigenvalue weighted by Gasteiger charge is 2.37. The third kappa shape index (κ3) is 22.8. The Morgan fingerprint density at radius 3 is 1.69 bits per heavy atom. The Morgan fingerprint density at radius 1 is 0.618 bits per heavy atom. The second kappa shape index (κ2) is 31.7. The number of aliphatic carboxylic acids is 1. The molecular formula is C49H84O6. The van der Waals surface area contributed by atoms with E-state index in [1.807, 2.05) is 0 Å². The zero-order valence-electron chi connectivity index (χ0n) is 36.0. The van der Waals surface area contributed by atoms with Crippen LogP contribution in [-0.4, -0.2) is 35.7 Å². The van der Waals surface area contributed by atoms with Crippen LogP contribution >= 0.6 is 0 Å². The van der Waals surface area contributed by atoms with Crippen LogP contribution in [-0.2, 0) is 14.3 Å². The summed E-state index contributed by atoms with van der Waals surface area (Å²) in [5.74, 6) is -0.626. The van der Waals surface area contributed by atoms with Gasteiger partial charge in [0.15, 0.2) is 0 Å². The van der Waals surface area contributed by atoms with Crippen LogP contribution in [0.5, 0.6) is 0 Å². The summed E-state index contributed by atoms with van der Waals surface area (Å²) in [6.45, 7) is 7.17. The second-order valence-electron chi connectivity index (χ2n) is 17.3. The fraction of sp³-hybridized carbons (Fsp3) is 0.816. The monoisotopic (exact) mass is 769 g/mol. The minimum absolute atomic E-state index is 0.0256. The zero-order valence-corrected chi connectivity index (χ0v) is 36.0. The minimum Gasteiger partial charge on any atom is -0.481 e. The topological polar surface area (TPSA) is 89.9 Å². The molecule has 2 aliphatic carbocycles. The summed E-state index contributed by atoms with van der Waals surface area (Å²) in [5.41, 5.74) is 0.737. The zero-order chi connectivity index (χ0) is 39.8. The largest absolute Gasteiger partial charge is 0.481 e. The number of rotatable bonds is 29. The molecule has 6 heteroatoms. The molecule has 1 aromatic carbocycles. The van der Waals surface area contributed by atoms with Gasteiger partial charge in [-0.3, -0.25) is 4.79 Å². The van der Waals surface area contributed by atoms with Crippen molar-refractivity contribution in [2.24, 2.45) is 11.3 Å². The fourth-order valence-electron chi connectivity index (χ4n) is 9.01. The number of carbonyl (C=O) groups excluding carboxylic acids is 2. The van der Waals surface area contributed by atoms with E-state index >= 15 is 0 Å². The molecule has 0 saturated heterocycles. The number of hydrogen-bond donors (Lipinski definition) is 1. The van der Waals surface area contributed by atoms with Crippen LogP contribution < -0.4 is 0 Å². The first-order valence-electron chi connectivity index (χ1n) is 23.5. The smallest absolute Gasteiger partial charge is 0.339 e. The third-order valence-electron chi connectivity index (χ3n) is 12.3. The number of carboxylic acids is 1. The van der Waals surface area contributed by atoms with Crippen LogP contribution in [0.2, 0.25) is 0 Å². The lowest BCUT2D eigenvalue weighted by atomic mass is 9.64. The van der Waals surface area contributed by atoms with Gasteiger partial charge in [-0.1, -0.05) is 187 Å². The average Bonchev–Trinajstić information content (AvgIpc) is 3.18. The number of benzene rings is 1. The summed E-state index contributed by atoms with van der Waals surface area (Å²) in [6, 6.07) is 6.82. The van der Waals surface area contributed by atoms with Crippen LogP contribution in [0.15, 0.2) is 24.3 Å². The first-order valence-corrected chi connectivity index (χ1v) is 23.5. The Labute approximate surface area is 338 Å². The van der Waals surface area contributed by atoms with E-state index in [9.17, 15) is 19.5 Å². The van der Waals surface area contributed by atoms with Gasteiger partial charge >= 0.3 is 17.9 Å². The number of carboxylic acid groups (broad SMARTS) is 1. The quantitative estimate of drug-likeness (QED) is 0.0645. The number of hydrogen-bond acceptors (Lipinski definition) is 5. The van der Waals surface area contributed by atoms with Crippen LogP contribution in [0.3, 0.4) is 0 Å². The molecule has 0 aromatic heterocycles. The molecule has 0 amide bonds. The lowest BCUT2D eigenvalue weighted by Gasteiger charge is -2.40. The molecule has 2 unspecified atom stereocenters. The Morgan fingerprint density at radius 2 is 1.13 bits per heavy atom. The first-order chi connectivity index (χ1) is 26.8. The van der Waals surface area contributed by atoms with Crippen LogP contribution in [0, 0.1) is 11.3 Å². The highest BCUT2D eigenvalue weighted by atomic mass is 16.5. The lowest BCUT2D eigenvalue weighted by Crippen LogP contribution is -2.31. The predicted molar refractivity (Wildman–Crippen MR) is 229 cm³/mol. The molecule has 1 aromatic rings. The molecule has 2 fully saturated rings. The normalized spacial score (nSPS) is 18.6. The Bertz CT molecular complexity index is 1130. The van der Waals surface area contributed by atoms with Crippen molar-refractivity contribution in [1.29, 1.82) is 0 Å². The maximum absolute atomic E-state index is 12.6. The number of ether oxygens (including phenoxy) is 2. The molecule has 0 aliphatic heterocycles. The van der Waals surface area contributed by atoms with Crippen molar-refractivity contribution in [3.63, 3.8) is 0 Å². The minimum atomic E-state index is -0.573. The van der Waals surface area contributed by atoms with Crippen molar-refractivity contribution in [2.45, 2.75) is 239 Å². The molecule has 0 heterocycles. The number of esters is 2. The van der Waals surface area contributed by atoms with Crippen molar-refractivity contribution in [1.82, 2.24) is 0 Å². The van der Waals surface area contributed by atoms with Gasteiger partial charge in [-0.2, -0.15) is 0 Å². The average molecular weight is 769 g/mol. The number of carbonyl (C=O) groups is 3. The molecule has 3 rings (SSSR count). The fourth-order valence-corrected chi connectivity index (χ4v) is 9.01. The summed E-state index contributed by atoms with van der Waals surface area (Å²) in [4.78, 5) is 36.5. The summed E-state index contributed by atoms with van der Waals surface area (Å²) < 4.78 is 11.0. The highest BCUT2D eigenvalue weighted by molar-refractivity contribution is 6.03. The Balaban J connectivity index is 0.000000383. The molecule has 2 aliphatic rings. The maximum Gasteiger partial charge on any atom is 0.339 e. The number of unbranched alkanes of at least 4 members (excludes halogenated alkanes) is 18. The van der Waals surface area contributed by atoms with E-state index in [2.05, 4.69) is 20.8 Å². The third-order valence-corrected chi connectivity index (χ3v) is 12.3. The van der Waals surface area contributed by atoms with Gasteiger partial charge in [0.1, 0.15) is 6.10 Å². The molecule has 1 N–H and O–H groups in total. The van der Waals surface area contributed by atoms with Gasteiger partial charge in [-0.15, -0.1) is 0 Å².